The third kappa shape index (κ3) is 1.48. The van der Waals surface area contributed by atoms with Crippen molar-refractivity contribution in [3.8, 4) is 0 Å². The van der Waals surface area contributed by atoms with Gasteiger partial charge in [0, 0.05) is 11.8 Å². The third-order valence-electron chi connectivity index (χ3n) is 2.28. The maximum Gasteiger partial charge on any atom is 0.0741 e. The minimum Gasteiger partial charge on any atom is -0.155 e. The lowest BCUT2D eigenvalue weighted by Crippen LogP contribution is -2.15. The van der Waals surface area contributed by atoms with E-state index in [4.69, 9.17) is 0 Å². The summed E-state index contributed by atoms with van der Waals surface area (Å²) in [5.74, 6) is 0. The first-order valence-corrected chi connectivity index (χ1v) is 4.61. The van der Waals surface area contributed by atoms with Gasteiger partial charge in [-0.05, 0) is 11.6 Å². The predicted octanol–water partition coefficient (Wildman–Crippen LogP) is 2.34. The van der Waals surface area contributed by atoms with Crippen LogP contribution in [0.4, 0.5) is 0 Å². The number of rotatable bonds is 0. The highest BCUT2D eigenvalue weighted by Gasteiger charge is 2.18. The maximum atomic E-state index is 4.23. The van der Waals surface area contributed by atoms with Gasteiger partial charge in [0.25, 0.3) is 0 Å². The number of fused-ring (bicyclic) bond motifs is 1. The minimum atomic E-state index is 0.0957. The first-order chi connectivity index (χ1) is 6.07. The first-order valence-electron chi connectivity index (χ1n) is 4.61. The van der Waals surface area contributed by atoms with Gasteiger partial charge < -0.3 is 0 Å². The van der Waals surface area contributed by atoms with E-state index in [2.05, 4.69) is 49.2 Å². The van der Waals surface area contributed by atoms with Gasteiger partial charge in [-0.25, -0.2) is 0 Å². The van der Waals surface area contributed by atoms with E-state index in [0.29, 0.717) is 0 Å². The Morgan fingerprint density at radius 1 is 1.23 bits per heavy atom. The highest BCUT2D eigenvalue weighted by molar-refractivity contribution is 5.57. The summed E-state index contributed by atoms with van der Waals surface area (Å²) >= 11 is 0. The van der Waals surface area contributed by atoms with Crippen LogP contribution in [0.2, 0.25) is 0 Å². The van der Waals surface area contributed by atoms with Crippen molar-refractivity contribution in [2.45, 2.75) is 32.6 Å². The summed E-state index contributed by atoms with van der Waals surface area (Å²) in [7, 11) is 0. The largest absolute Gasteiger partial charge is 0.155 e. The van der Waals surface area contributed by atoms with Crippen LogP contribution in [-0.2, 0) is 11.8 Å². The molecular formula is C11H14N2. The molecule has 2 nitrogen and oxygen atoms in total. The van der Waals surface area contributed by atoms with Gasteiger partial charge in [0.05, 0.1) is 11.4 Å². The van der Waals surface area contributed by atoms with Gasteiger partial charge in [0.15, 0.2) is 0 Å². The highest BCUT2D eigenvalue weighted by atomic mass is 15.1. The normalized spacial score (nSPS) is 14.7. The molecule has 1 aliphatic carbocycles. The van der Waals surface area contributed by atoms with Crippen LogP contribution in [-0.4, -0.2) is 10.2 Å². The van der Waals surface area contributed by atoms with Crippen molar-refractivity contribution in [3.63, 3.8) is 0 Å². The summed E-state index contributed by atoms with van der Waals surface area (Å²) in [5.41, 5.74) is 3.50. The number of allylic oxidation sites excluding steroid dienone is 1. The van der Waals surface area contributed by atoms with E-state index in [0.717, 1.165) is 17.8 Å². The van der Waals surface area contributed by atoms with Crippen LogP contribution in [0.1, 0.15) is 37.7 Å². The van der Waals surface area contributed by atoms with Crippen LogP contribution < -0.4 is 0 Å². The Hall–Kier alpha value is -1.18. The SMILES string of the molecule is CC(C)(C)c1cc2c(nn1)CC=C2. The molecule has 2 heteroatoms. The Morgan fingerprint density at radius 2 is 2.00 bits per heavy atom. The van der Waals surface area contributed by atoms with E-state index >= 15 is 0 Å². The van der Waals surface area contributed by atoms with Crippen LogP contribution in [0.15, 0.2) is 12.1 Å². The Bertz CT molecular complexity index is 359. The Labute approximate surface area is 78.7 Å². The molecule has 0 fully saturated rings. The van der Waals surface area contributed by atoms with Crippen molar-refractivity contribution in [2.75, 3.05) is 0 Å². The molecule has 0 atom stereocenters. The van der Waals surface area contributed by atoms with Gasteiger partial charge in [-0.1, -0.05) is 32.9 Å². The van der Waals surface area contributed by atoms with E-state index in [9.17, 15) is 0 Å². The van der Waals surface area contributed by atoms with Gasteiger partial charge in [-0.2, -0.15) is 10.2 Å². The van der Waals surface area contributed by atoms with Crippen molar-refractivity contribution in [1.82, 2.24) is 10.2 Å². The molecule has 0 amide bonds. The van der Waals surface area contributed by atoms with Gasteiger partial charge in [0.2, 0.25) is 0 Å². The van der Waals surface area contributed by atoms with Crippen LogP contribution in [0.25, 0.3) is 6.08 Å². The summed E-state index contributed by atoms with van der Waals surface area (Å²) in [6.45, 7) is 6.46. The quantitative estimate of drug-likeness (QED) is 0.603. The summed E-state index contributed by atoms with van der Waals surface area (Å²) in [6.07, 6.45) is 5.19. The fraction of sp³-hybridized carbons (Fsp3) is 0.455. The lowest BCUT2D eigenvalue weighted by molar-refractivity contribution is 0.556. The lowest BCUT2D eigenvalue weighted by Gasteiger charge is -2.17. The van der Waals surface area contributed by atoms with E-state index in [1.54, 1.807) is 0 Å². The van der Waals surface area contributed by atoms with Crippen molar-refractivity contribution < 1.29 is 0 Å². The summed E-state index contributed by atoms with van der Waals surface area (Å²) < 4.78 is 0. The molecule has 0 aliphatic heterocycles. The topological polar surface area (TPSA) is 25.8 Å². The highest BCUT2D eigenvalue weighted by Crippen LogP contribution is 2.24. The van der Waals surface area contributed by atoms with E-state index < -0.39 is 0 Å². The standard InChI is InChI=1S/C11H14N2/c1-11(2,3)10-7-8-5-4-6-9(8)12-13-10/h4-5,7H,6H2,1-3H3. The Kier molecular flexibility index (Phi) is 1.72. The molecule has 2 rings (SSSR count). The van der Waals surface area contributed by atoms with Crippen LogP contribution in [0, 0.1) is 0 Å². The average Bonchev–Trinajstić information content (AvgIpc) is 2.47. The van der Waals surface area contributed by atoms with Gasteiger partial charge in [-0.15, -0.1) is 0 Å². The van der Waals surface area contributed by atoms with E-state index in [1.807, 2.05) is 0 Å². The van der Waals surface area contributed by atoms with Crippen molar-refractivity contribution >= 4 is 6.08 Å². The fourth-order valence-electron chi connectivity index (χ4n) is 1.40. The molecule has 1 aromatic rings. The van der Waals surface area contributed by atoms with E-state index in [-0.39, 0.29) is 5.41 Å². The Morgan fingerprint density at radius 3 is 2.69 bits per heavy atom. The molecule has 0 saturated heterocycles. The molecule has 0 bridgehead atoms. The van der Waals surface area contributed by atoms with Crippen LogP contribution in [0.3, 0.4) is 0 Å². The van der Waals surface area contributed by atoms with Crippen molar-refractivity contribution in [1.29, 1.82) is 0 Å². The zero-order valence-corrected chi connectivity index (χ0v) is 8.33. The zero-order valence-electron chi connectivity index (χ0n) is 8.33. The number of nitrogens with zero attached hydrogens (tertiary/aromatic N) is 2. The second-order valence-electron chi connectivity index (χ2n) is 4.49. The molecule has 1 heterocycles. The van der Waals surface area contributed by atoms with Gasteiger partial charge in [-0.3, -0.25) is 0 Å². The first kappa shape index (κ1) is 8.42. The van der Waals surface area contributed by atoms with Crippen molar-refractivity contribution in [3.05, 3.63) is 29.1 Å². The van der Waals surface area contributed by atoms with Gasteiger partial charge in [0.1, 0.15) is 0 Å². The summed E-state index contributed by atoms with van der Waals surface area (Å²) in [6, 6.07) is 2.14. The number of hydrogen-bond acceptors (Lipinski definition) is 2. The second-order valence-corrected chi connectivity index (χ2v) is 4.49. The zero-order chi connectivity index (χ0) is 9.47. The van der Waals surface area contributed by atoms with Crippen LogP contribution >= 0.6 is 0 Å². The van der Waals surface area contributed by atoms with E-state index in [1.165, 1.54) is 5.56 Å². The average molecular weight is 174 g/mol. The molecule has 0 aromatic carbocycles. The predicted molar refractivity (Wildman–Crippen MR) is 53.5 cm³/mol. The Balaban J connectivity index is 2.47. The van der Waals surface area contributed by atoms with Gasteiger partial charge >= 0.3 is 0 Å². The minimum absolute atomic E-state index is 0.0957. The fourth-order valence-corrected chi connectivity index (χ4v) is 1.40. The van der Waals surface area contributed by atoms with Crippen LogP contribution in [0.5, 0.6) is 0 Å². The molecule has 0 spiro atoms. The lowest BCUT2D eigenvalue weighted by atomic mass is 9.91. The molecule has 1 aromatic heterocycles. The molecule has 0 unspecified atom stereocenters. The maximum absolute atomic E-state index is 4.23. The number of hydrogen-bond donors (Lipinski definition) is 0. The monoisotopic (exact) mass is 174 g/mol. The summed E-state index contributed by atoms with van der Waals surface area (Å²) in [4.78, 5) is 0. The third-order valence-corrected chi connectivity index (χ3v) is 2.28. The smallest absolute Gasteiger partial charge is 0.0741 e. The molecule has 0 saturated carbocycles. The molecule has 0 radical (unpaired) electrons. The molecule has 1 aliphatic rings. The molecule has 13 heavy (non-hydrogen) atoms. The molecule has 68 valence electrons. The molecular weight excluding hydrogens is 160 g/mol. The molecule has 0 N–H and O–H groups in total. The second kappa shape index (κ2) is 2.66. The summed E-state index contributed by atoms with van der Waals surface area (Å²) in [5, 5.41) is 8.44. The van der Waals surface area contributed by atoms with Crippen molar-refractivity contribution in [2.24, 2.45) is 0 Å². The number of aromatic nitrogens is 2.